The number of ether oxygens (including phenoxy) is 1. The van der Waals surface area contributed by atoms with Crippen LogP contribution in [-0.2, 0) is 4.74 Å². The normalized spacial score (nSPS) is 15.5. The number of carbonyl (C=O) groups is 1. The van der Waals surface area contributed by atoms with Gasteiger partial charge >= 0.3 is 0 Å². The van der Waals surface area contributed by atoms with Crippen molar-refractivity contribution in [3.05, 3.63) is 83.2 Å². The molecule has 0 saturated carbocycles. The second-order valence-corrected chi connectivity index (χ2v) is 9.71. The Hall–Kier alpha value is -3.49. The molecule has 1 fully saturated rings. The number of hydrogen-bond acceptors (Lipinski definition) is 7. The lowest BCUT2D eigenvalue weighted by Gasteiger charge is -2.29. The Labute approximate surface area is 220 Å². The molecule has 1 unspecified atom stereocenters. The number of nitrogens with zero attached hydrogens (tertiary/aromatic N) is 3. The van der Waals surface area contributed by atoms with Crippen molar-refractivity contribution in [2.75, 3.05) is 38.2 Å². The lowest BCUT2D eigenvalue weighted by molar-refractivity contribution is 0.0556. The van der Waals surface area contributed by atoms with Gasteiger partial charge in [0.2, 0.25) is 0 Å². The summed E-state index contributed by atoms with van der Waals surface area (Å²) in [7, 11) is 0. The molecule has 1 atom stereocenters. The van der Waals surface area contributed by atoms with Crippen LogP contribution in [0.5, 0.6) is 0 Å². The predicted molar refractivity (Wildman–Crippen MR) is 148 cm³/mol. The first-order valence-electron chi connectivity index (χ1n) is 12.7. The Kier molecular flexibility index (Phi) is 10.00. The molecular formula is C29H39N5O3. The molecule has 37 heavy (non-hydrogen) atoms. The summed E-state index contributed by atoms with van der Waals surface area (Å²) >= 11 is 0. The van der Waals surface area contributed by atoms with Gasteiger partial charge in [0.15, 0.2) is 0 Å². The lowest BCUT2D eigenvalue weighted by atomic mass is 9.97. The zero-order valence-corrected chi connectivity index (χ0v) is 22.5. The molecule has 8 nitrogen and oxygen atoms in total. The van der Waals surface area contributed by atoms with E-state index < -0.39 is 0 Å². The molecule has 1 saturated heterocycles. The molecule has 2 heterocycles. The van der Waals surface area contributed by atoms with Crippen LogP contribution in [0.25, 0.3) is 5.57 Å². The smallest absolute Gasteiger partial charge is 0.258 e. The molecule has 0 bridgehead atoms. The van der Waals surface area contributed by atoms with E-state index in [0.29, 0.717) is 30.3 Å². The van der Waals surface area contributed by atoms with Crippen molar-refractivity contribution in [1.82, 2.24) is 20.2 Å². The number of aryl methyl sites for hydroxylation is 1. The Morgan fingerprint density at radius 3 is 2.49 bits per heavy atom. The largest absolute Gasteiger partial charge is 0.394 e. The Morgan fingerprint density at radius 2 is 1.86 bits per heavy atom. The molecule has 0 spiro atoms. The summed E-state index contributed by atoms with van der Waals surface area (Å²) in [6, 6.07) is 5.77. The van der Waals surface area contributed by atoms with Crippen molar-refractivity contribution in [3.8, 4) is 0 Å². The molecule has 0 radical (unpaired) electrons. The van der Waals surface area contributed by atoms with Crippen molar-refractivity contribution >= 4 is 17.2 Å². The van der Waals surface area contributed by atoms with Crippen LogP contribution in [0.1, 0.15) is 60.9 Å². The van der Waals surface area contributed by atoms with E-state index in [1.165, 1.54) is 0 Å². The predicted octanol–water partition coefficient (Wildman–Crippen LogP) is 4.26. The average Bonchev–Trinajstić information content (AvgIpc) is 2.89. The van der Waals surface area contributed by atoms with Crippen molar-refractivity contribution < 1.29 is 14.6 Å². The van der Waals surface area contributed by atoms with Gasteiger partial charge in [-0.3, -0.25) is 4.79 Å². The number of rotatable bonds is 10. The van der Waals surface area contributed by atoms with Gasteiger partial charge in [0.25, 0.3) is 5.91 Å². The molecule has 1 aliphatic rings. The maximum atomic E-state index is 12.9. The second kappa shape index (κ2) is 13.2. The molecule has 2 aromatic rings. The van der Waals surface area contributed by atoms with Gasteiger partial charge < -0.3 is 25.4 Å². The fourth-order valence-corrected chi connectivity index (χ4v) is 4.00. The molecule has 198 valence electrons. The fourth-order valence-electron chi connectivity index (χ4n) is 4.00. The van der Waals surface area contributed by atoms with E-state index in [-0.39, 0.29) is 24.5 Å². The highest BCUT2D eigenvalue weighted by atomic mass is 16.5. The summed E-state index contributed by atoms with van der Waals surface area (Å²) in [6.07, 6.45) is 7.23. The fraction of sp³-hybridized carbons (Fsp3) is 0.414. The number of morpholine rings is 1. The van der Waals surface area contributed by atoms with Crippen LogP contribution < -0.4 is 10.6 Å². The van der Waals surface area contributed by atoms with Gasteiger partial charge in [-0.05, 0) is 61.8 Å². The minimum absolute atomic E-state index is 0.0348. The number of carbonyl (C=O) groups excluding carboxylic acids is 1. The summed E-state index contributed by atoms with van der Waals surface area (Å²) in [6.45, 7) is 17.2. The quantitative estimate of drug-likeness (QED) is 0.415. The van der Waals surface area contributed by atoms with Gasteiger partial charge in [-0.2, -0.15) is 0 Å². The van der Waals surface area contributed by atoms with E-state index in [9.17, 15) is 9.90 Å². The van der Waals surface area contributed by atoms with Crippen molar-refractivity contribution in [2.24, 2.45) is 0 Å². The van der Waals surface area contributed by atoms with Gasteiger partial charge in [0.1, 0.15) is 5.82 Å². The van der Waals surface area contributed by atoms with Crippen LogP contribution in [0.2, 0.25) is 0 Å². The van der Waals surface area contributed by atoms with Gasteiger partial charge in [0.05, 0.1) is 25.4 Å². The second-order valence-electron chi connectivity index (χ2n) is 9.71. The van der Waals surface area contributed by atoms with E-state index in [2.05, 4.69) is 38.2 Å². The molecule has 8 heteroatoms. The van der Waals surface area contributed by atoms with Gasteiger partial charge in [-0.1, -0.05) is 26.5 Å². The Morgan fingerprint density at radius 1 is 1.19 bits per heavy atom. The molecule has 1 amide bonds. The van der Waals surface area contributed by atoms with Crippen LogP contribution in [0.4, 0.5) is 5.69 Å². The average molecular weight is 506 g/mol. The molecule has 1 aliphatic heterocycles. The van der Waals surface area contributed by atoms with Gasteiger partial charge in [-0.25, -0.2) is 9.97 Å². The van der Waals surface area contributed by atoms with Gasteiger partial charge in [-0.15, -0.1) is 0 Å². The highest BCUT2D eigenvalue weighted by Crippen LogP contribution is 2.27. The van der Waals surface area contributed by atoms with Crippen LogP contribution >= 0.6 is 0 Å². The minimum atomic E-state index is -0.265. The first kappa shape index (κ1) is 28.1. The van der Waals surface area contributed by atoms with Crippen LogP contribution in [-0.4, -0.2) is 64.8 Å². The first-order chi connectivity index (χ1) is 17.7. The molecule has 1 aromatic carbocycles. The topological polar surface area (TPSA) is 99.6 Å². The van der Waals surface area contributed by atoms with Crippen molar-refractivity contribution in [1.29, 1.82) is 0 Å². The van der Waals surface area contributed by atoms with E-state index in [4.69, 9.17) is 4.74 Å². The SMILES string of the molecule is C=C(/C=C(\C=C(/C)NC(C)CO)c1cc(NC(=O)c2cnc(C(C)C)nc2)ccc1C)N1CCOCC1. The number of anilines is 1. The first-order valence-corrected chi connectivity index (χ1v) is 12.7. The monoisotopic (exact) mass is 505 g/mol. The number of benzene rings is 1. The number of aliphatic hydroxyl groups is 1. The zero-order valence-electron chi connectivity index (χ0n) is 22.5. The van der Waals surface area contributed by atoms with Crippen LogP contribution in [0, 0.1) is 6.92 Å². The highest BCUT2D eigenvalue weighted by Gasteiger charge is 2.15. The standard InChI is InChI=1S/C29H39N5O3/c1-19(2)28-30-16-25(17-31-28)29(36)33-26-8-7-20(3)27(15-26)24(13-21(4)32-22(5)18-35)14-23(6)34-9-11-37-12-10-34/h7-8,13-17,19,22,32,35H,6,9-12,18H2,1-5H3,(H,33,36)/b21-13+,24-14+. The number of allylic oxidation sites excluding steroid dienone is 4. The van der Waals surface area contributed by atoms with E-state index >= 15 is 0 Å². The summed E-state index contributed by atoms with van der Waals surface area (Å²) in [5, 5.41) is 15.7. The number of aliphatic hydroxyl groups excluding tert-OH is 1. The number of amides is 1. The molecular weight excluding hydrogens is 466 g/mol. The molecule has 1 aromatic heterocycles. The Balaban J connectivity index is 1.92. The summed E-state index contributed by atoms with van der Waals surface area (Å²) < 4.78 is 5.49. The summed E-state index contributed by atoms with van der Waals surface area (Å²) in [4.78, 5) is 23.7. The Bertz CT molecular complexity index is 1150. The van der Waals surface area contributed by atoms with Crippen molar-refractivity contribution in [3.63, 3.8) is 0 Å². The zero-order chi connectivity index (χ0) is 26.9. The summed E-state index contributed by atoms with van der Waals surface area (Å²) in [5.74, 6) is 0.634. The highest BCUT2D eigenvalue weighted by molar-refractivity contribution is 6.04. The third-order valence-electron chi connectivity index (χ3n) is 6.12. The molecule has 3 rings (SSSR count). The minimum Gasteiger partial charge on any atom is -0.394 e. The number of nitrogens with one attached hydrogen (secondary N) is 2. The maximum absolute atomic E-state index is 12.9. The van der Waals surface area contributed by atoms with Crippen molar-refractivity contribution in [2.45, 2.75) is 46.6 Å². The lowest BCUT2D eigenvalue weighted by Crippen LogP contribution is -2.34. The van der Waals surface area contributed by atoms with E-state index in [1.54, 1.807) is 12.4 Å². The maximum Gasteiger partial charge on any atom is 0.258 e. The van der Waals surface area contributed by atoms with Crippen LogP contribution in [0.15, 0.2) is 60.7 Å². The molecule has 0 aliphatic carbocycles. The van der Waals surface area contributed by atoms with Gasteiger partial charge in [0, 0.05) is 54.5 Å². The number of hydrogen-bond donors (Lipinski definition) is 3. The van der Waals surface area contributed by atoms with Crippen LogP contribution in [0.3, 0.4) is 0 Å². The molecule has 3 N–H and O–H groups in total. The number of aromatic nitrogens is 2. The third kappa shape index (κ3) is 8.00. The third-order valence-corrected chi connectivity index (χ3v) is 6.12. The van der Waals surface area contributed by atoms with E-state index in [1.807, 2.05) is 58.9 Å². The summed E-state index contributed by atoms with van der Waals surface area (Å²) in [5.41, 5.74) is 5.86. The van der Waals surface area contributed by atoms with E-state index in [0.717, 1.165) is 41.2 Å².